The van der Waals surface area contributed by atoms with Gasteiger partial charge in [0, 0.05) is 35.2 Å². The van der Waals surface area contributed by atoms with Gasteiger partial charge in [-0.1, -0.05) is 0 Å². The van der Waals surface area contributed by atoms with Crippen molar-refractivity contribution in [1.29, 1.82) is 5.26 Å². The summed E-state index contributed by atoms with van der Waals surface area (Å²) in [4.78, 5) is 27.5. The topological polar surface area (TPSA) is 141 Å². The first-order valence-electron chi connectivity index (χ1n) is 10.1. The van der Waals surface area contributed by atoms with Crippen molar-refractivity contribution in [3.63, 3.8) is 0 Å². The number of benzene rings is 2. The Labute approximate surface area is 202 Å². The molecule has 0 unspecified atom stereocenters. The number of anilines is 1. The molecule has 0 fully saturated rings. The van der Waals surface area contributed by atoms with Gasteiger partial charge in [0.25, 0.3) is 5.69 Å². The number of nitrogens with zero attached hydrogens (tertiary/aromatic N) is 3. The van der Waals surface area contributed by atoms with Gasteiger partial charge in [-0.2, -0.15) is 5.26 Å². The molecule has 35 heavy (non-hydrogen) atoms. The second-order valence-corrected chi connectivity index (χ2v) is 8.16. The van der Waals surface area contributed by atoms with E-state index in [-0.39, 0.29) is 22.4 Å². The third kappa shape index (κ3) is 4.68. The minimum Gasteiger partial charge on any atom is -0.496 e. The molecule has 0 aliphatic carbocycles. The van der Waals surface area contributed by atoms with Crippen LogP contribution in [0.3, 0.4) is 0 Å². The Bertz CT molecular complexity index is 1580. The van der Waals surface area contributed by atoms with Gasteiger partial charge in [0.2, 0.25) is 0 Å². The minimum atomic E-state index is -0.639. The zero-order valence-corrected chi connectivity index (χ0v) is 19.6. The number of non-ortho nitro benzene ring substituents is 1. The highest BCUT2D eigenvalue weighted by Crippen LogP contribution is 2.33. The minimum absolute atomic E-state index is 0.125. The first kappa shape index (κ1) is 23.5. The summed E-state index contributed by atoms with van der Waals surface area (Å²) in [5.41, 5.74) is 1.60. The van der Waals surface area contributed by atoms with E-state index in [4.69, 9.17) is 13.9 Å². The second-order valence-electron chi connectivity index (χ2n) is 7.30. The molecule has 0 aliphatic heterocycles. The summed E-state index contributed by atoms with van der Waals surface area (Å²) in [5.74, 6) is 1.22. The molecule has 11 heteroatoms. The number of aromatic nitrogens is 1. The molecule has 0 spiro atoms. The fourth-order valence-corrected chi connectivity index (χ4v) is 4.16. The van der Waals surface area contributed by atoms with E-state index in [1.165, 1.54) is 48.9 Å². The Morgan fingerprint density at radius 1 is 1.23 bits per heavy atom. The van der Waals surface area contributed by atoms with Crippen LogP contribution in [0, 0.1) is 28.4 Å². The average Bonchev–Trinajstić information content (AvgIpc) is 3.33. The number of thiazole rings is 1. The van der Waals surface area contributed by atoms with Gasteiger partial charge in [0.1, 0.15) is 33.7 Å². The van der Waals surface area contributed by atoms with Crippen molar-refractivity contribution in [3.05, 3.63) is 79.1 Å². The quantitative estimate of drug-likeness (QED) is 0.162. The Morgan fingerprint density at radius 3 is 2.69 bits per heavy atom. The molecule has 2 aromatic heterocycles. The molecular formula is C24H18N4O6S. The van der Waals surface area contributed by atoms with Crippen molar-refractivity contribution in [3.8, 4) is 28.8 Å². The summed E-state index contributed by atoms with van der Waals surface area (Å²) in [6, 6.07) is 11.1. The molecule has 0 bridgehead atoms. The number of ether oxygens (including phenoxy) is 2. The van der Waals surface area contributed by atoms with Gasteiger partial charge in [0.15, 0.2) is 0 Å². The van der Waals surface area contributed by atoms with Crippen molar-refractivity contribution in [1.82, 2.24) is 4.98 Å². The number of fused-ring (bicyclic) bond motifs is 1. The number of methoxy groups -OCH3 is 2. The molecule has 2 aromatic carbocycles. The second kappa shape index (κ2) is 9.66. The third-order valence-electron chi connectivity index (χ3n) is 5.15. The van der Waals surface area contributed by atoms with E-state index in [0.717, 1.165) is 5.56 Å². The van der Waals surface area contributed by atoms with Crippen LogP contribution in [0.2, 0.25) is 0 Å². The number of nitriles is 1. The molecule has 176 valence electrons. The summed E-state index contributed by atoms with van der Waals surface area (Å²) >= 11 is 1.17. The highest BCUT2D eigenvalue weighted by molar-refractivity contribution is 7.11. The molecular weight excluding hydrogens is 472 g/mol. The Balaban J connectivity index is 1.68. The van der Waals surface area contributed by atoms with Crippen LogP contribution in [0.4, 0.5) is 11.4 Å². The zero-order valence-electron chi connectivity index (χ0n) is 18.8. The normalized spacial score (nSPS) is 11.2. The number of nitrogens with one attached hydrogen (secondary N) is 1. The average molecular weight is 490 g/mol. The van der Waals surface area contributed by atoms with Gasteiger partial charge in [-0.05, 0) is 30.7 Å². The van der Waals surface area contributed by atoms with E-state index in [1.807, 2.05) is 13.0 Å². The highest BCUT2D eigenvalue weighted by Gasteiger charge is 2.16. The fraction of sp³-hybridized carbons (Fsp3) is 0.125. The van der Waals surface area contributed by atoms with Gasteiger partial charge in [-0.15, -0.1) is 11.3 Å². The van der Waals surface area contributed by atoms with E-state index in [2.05, 4.69) is 16.4 Å². The lowest BCUT2D eigenvalue weighted by molar-refractivity contribution is -0.384. The summed E-state index contributed by atoms with van der Waals surface area (Å²) in [6.07, 6.45) is 1.49. The number of allylic oxidation sites excluding steroid dienone is 1. The smallest absolute Gasteiger partial charge is 0.345 e. The molecule has 10 nitrogen and oxygen atoms in total. The number of rotatable bonds is 7. The number of hydrogen-bond donors (Lipinski definition) is 1. The summed E-state index contributed by atoms with van der Waals surface area (Å²) in [7, 11) is 3.10. The maximum atomic E-state index is 12.5. The predicted octanol–water partition coefficient (Wildman–Crippen LogP) is 5.13. The Hall–Kier alpha value is -4.69. The van der Waals surface area contributed by atoms with Crippen LogP contribution in [0.25, 0.3) is 27.8 Å². The molecule has 4 rings (SSSR count). The SMILES string of the molecule is COc1cc(NC=C(C#N)c2nc(-c3cc4cc([N+](=O)[O-])ccc4oc3=O)cs2)c(OC)cc1C. The monoisotopic (exact) mass is 490 g/mol. The van der Waals surface area contributed by atoms with Crippen molar-refractivity contribution in [2.45, 2.75) is 6.92 Å². The lowest BCUT2D eigenvalue weighted by Gasteiger charge is -2.12. The molecule has 0 aliphatic rings. The Kier molecular flexibility index (Phi) is 6.48. The van der Waals surface area contributed by atoms with Crippen LogP contribution < -0.4 is 20.4 Å². The van der Waals surface area contributed by atoms with E-state index < -0.39 is 10.5 Å². The molecule has 0 amide bonds. The fourth-order valence-electron chi connectivity index (χ4n) is 3.38. The summed E-state index contributed by atoms with van der Waals surface area (Å²) < 4.78 is 16.1. The molecule has 0 saturated carbocycles. The number of aryl methyl sites for hydroxylation is 1. The lowest BCUT2D eigenvalue weighted by Crippen LogP contribution is -2.03. The maximum Gasteiger partial charge on any atom is 0.345 e. The van der Waals surface area contributed by atoms with Gasteiger partial charge < -0.3 is 19.2 Å². The van der Waals surface area contributed by atoms with Crippen LogP contribution in [0.5, 0.6) is 11.5 Å². The summed E-state index contributed by atoms with van der Waals surface area (Å²) in [6.45, 7) is 1.89. The number of nitro benzene ring substituents is 1. The highest BCUT2D eigenvalue weighted by atomic mass is 32.1. The summed E-state index contributed by atoms with van der Waals surface area (Å²) in [5, 5.41) is 26.2. The number of nitro groups is 1. The van der Waals surface area contributed by atoms with Crippen LogP contribution in [-0.4, -0.2) is 24.1 Å². The van der Waals surface area contributed by atoms with Crippen molar-refractivity contribution < 1.29 is 18.8 Å². The van der Waals surface area contributed by atoms with E-state index in [0.29, 0.717) is 33.3 Å². The van der Waals surface area contributed by atoms with E-state index >= 15 is 0 Å². The Morgan fingerprint density at radius 2 is 2.00 bits per heavy atom. The third-order valence-corrected chi connectivity index (χ3v) is 6.02. The van der Waals surface area contributed by atoms with Crippen LogP contribution in [0.15, 0.2) is 57.2 Å². The first-order valence-corrected chi connectivity index (χ1v) is 11.0. The van der Waals surface area contributed by atoms with E-state index in [9.17, 15) is 20.2 Å². The van der Waals surface area contributed by atoms with Crippen molar-refractivity contribution in [2.24, 2.45) is 0 Å². The van der Waals surface area contributed by atoms with Gasteiger partial charge in [-0.3, -0.25) is 10.1 Å². The van der Waals surface area contributed by atoms with Gasteiger partial charge in [-0.25, -0.2) is 9.78 Å². The molecule has 0 radical (unpaired) electrons. The zero-order chi connectivity index (χ0) is 25.1. The largest absolute Gasteiger partial charge is 0.496 e. The van der Waals surface area contributed by atoms with Gasteiger partial charge >= 0.3 is 5.63 Å². The molecule has 2 heterocycles. The number of hydrogen-bond acceptors (Lipinski definition) is 10. The predicted molar refractivity (Wildman–Crippen MR) is 132 cm³/mol. The van der Waals surface area contributed by atoms with Crippen molar-refractivity contribution in [2.75, 3.05) is 19.5 Å². The van der Waals surface area contributed by atoms with Crippen molar-refractivity contribution >= 4 is 39.3 Å². The van der Waals surface area contributed by atoms with Crippen LogP contribution in [-0.2, 0) is 0 Å². The van der Waals surface area contributed by atoms with Crippen LogP contribution >= 0.6 is 11.3 Å². The van der Waals surface area contributed by atoms with E-state index in [1.54, 1.807) is 18.6 Å². The molecule has 1 N–H and O–H groups in total. The van der Waals surface area contributed by atoms with Crippen LogP contribution in [0.1, 0.15) is 10.6 Å². The molecule has 4 aromatic rings. The lowest BCUT2D eigenvalue weighted by atomic mass is 10.1. The molecule has 0 atom stereocenters. The van der Waals surface area contributed by atoms with Gasteiger partial charge in [0.05, 0.1) is 36.1 Å². The molecule has 0 saturated heterocycles. The standard InChI is InChI=1S/C24H18N4O6S/c1-13-6-22(33-3)18(9-21(13)32-2)26-11-15(10-25)23-27-19(12-35-23)17-8-14-7-16(28(30)31)4-5-20(14)34-24(17)29/h4-9,11-12,26H,1-3H3. The first-order chi connectivity index (χ1) is 16.8. The maximum absolute atomic E-state index is 12.5.